The van der Waals surface area contributed by atoms with Gasteiger partial charge in [0.15, 0.2) is 5.76 Å². The molecule has 0 bridgehead atoms. The van der Waals surface area contributed by atoms with Gasteiger partial charge in [-0.2, -0.15) is 0 Å². The molecule has 11 nitrogen and oxygen atoms in total. The van der Waals surface area contributed by atoms with E-state index in [2.05, 4.69) is 0 Å². The van der Waals surface area contributed by atoms with Gasteiger partial charge in [-0.1, -0.05) is 0 Å². The number of hydrogen-bond acceptors (Lipinski definition) is 11. The van der Waals surface area contributed by atoms with Crippen LogP contribution in [0.15, 0.2) is 45.6 Å². The monoisotopic (exact) mass is 448 g/mol. The molecule has 4 atom stereocenters. The fraction of sp³-hybridized carbons (Fsp3) is 0.286. The first kappa shape index (κ1) is 21.9. The Kier molecular flexibility index (Phi) is 5.44. The average molecular weight is 448 g/mol. The number of hydrogen-bond donors (Lipinski definition) is 7. The molecule has 1 fully saturated rings. The zero-order chi connectivity index (χ0) is 23.2. The number of aromatic hydroxyl groups is 3. The normalized spacial score (nSPS) is 25.7. The predicted molar refractivity (Wildman–Crippen MR) is 107 cm³/mol. The van der Waals surface area contributed by atoms with Crippen LogP contribution in [0.3, 0.4) is 0 Å². The number of fused-ring (bicyclic) bond motifs is 1. The van der Waals surface area contributed by atoms with E-state index in [0.29, 0.717) is 0 Å². The molecule has 170 valence electrons. The minimum Gasteiger partial charge on any atom is -0.508 e. The highest BCUT2D eigenvalue weighted by atomic mass is 16.7. The molecule has 0 aliphatic carbocycles. The quantitative estimate of drug-likeness (QED) is 0.261. The average Bonchev–Trinajstić information content (AvgIpc) is 2.74. The van der Waals surface area contributed by atoms with Crippen molar-refractivity contribution < 1.29 is 49.6 Å². The zero-order valence-corrected chi connectivity index (χ0v) is 16.4. The molecule has 11 heteroatoms. The lowest BCUT2D eigenvalue weighted by molar-refractivity contribution is -0.307. The van der Waals surface area contributed by atoms with Crippen molar-refractivity contribution in [2.45, 2.75) is 24.1 Å². The Hall–Kier alpha value is -3.35. The molecule has 1 saturated heterocycles. The smallest absolute Gasteiger partial charge is 0.260 e. The van der Waals surface area contributed by atoms with Gasteiger partial charge >= 0.3 is 0 Å². The highest BCUT2D eigenvalue weighted by Crippen LogP contribution is 2.38. The summed E-state index contributed by atoms with van der Waals surface area (Å²) in [7, 11) is 0. The van der Waals surface area contributed by atoms with Crippen molar-refractivity contribution >= 4 is 11.0 Å². The Balaban J connectivity index is 1.91. The van der Waals surface area contributed by atoms with Crippen LogP contribution >= 0.6 is 0 Å². The molecule has 1 aliphatic rings. The lowest BCUT2D eigenvalue weighted by Crippen LogP contribution is -2.64. The molecular formula is C21H20O11. The van der Waals surface area contributed by atoms with Crippen LogP contribution in [-0.4, -0.2) is 73.1 Å². The standard InChI is InChI=1S/C21H20O11/c22-7-14-16(26)20(28)21(29,8-30-14)32-19-17(27)15-12(25)5-11(24)6-13(15)31-18(19)9-1-3-10(23)4-2-9/h1-6,14,16,20,22-26,28-29H,7-8H2/t14-,16-,20+,21+/m1/s1. The largest absolute Gasteiger partial charge is 0.508 e. The number of ether oxygens (including phenoxy) is 2. The number of rotatable bonds is 4. The van der Waals surface area contributed by atoms with E-state index in [1.54, 1.807) is 0 Å². The number of aliphatic hydroxyl groups excluding tert-OH is 3. The number of phenolic OH excluding ortho intramolecular Hbond substituents is 3. The highest BCUT2D eigenvalue weighted by molar-refractivity contribution is 5.88. The number of phenols is 3. The van der Waals surface area contributed by atoms with E-state index in [1.807, 2.05) is 0 Å². The molecule has 2 aromatic carbocycles. The third-order valence-corrected chi connectivity index (χ3v) is 5.18. The van der Waals surface area contributed by atoms with Crippen LogP contribution in [0, 0.1) is 0 Å². The number of aliphatic hydroxyl groups is 4. The molecular weight excluding hydrogens is 428 g/mol. The minimum absolute atomic E-state index is 0.0810. The van der Waals surface area contributed by atoms with Crippen molar-refractivity contribution in [1.82, 2.24) is 0 Å². The third kappa shape index (κ3) is 3.61. The molecule has 1 aromatic heterocycles. The predicted octanol–water partition coefficient (Wildman–Crippen LogP) is -0.243. The molecule has 0 unspecified atom stereocenters. The van der Waals surface area contributed by atoms with Crippen molar-refractivity contribution in [2.75, 3.05) is 13.2 Å². The van der Waals surface area contributed by atoms with Gasteiger partial charge in [0.25, 0.3) is 5.79 Å². The summed E-state index contributed by atoms with van der Waals surface area (Å²) in [6.45, 7) is -1.35. The van der Waals surface area contributed by atoms with Crippen molar-refractivity contribution in [1.29, 1.82) is 0 Å². The summed E-state index contributed by atoms with van der Waals surface area (Å²) >= 11 is 0. The zero-order valence-electron chi connectivity index (χ0n) is 16.4. The van der Waals surface area contributed by atoms with Gasteiger partial charge < -0.3 is 49.6 Å². The maximum absolute atomic E-state index is 13.2. The summed E-state index contributed by atoms with van der Waals surface area (Å²) in [5.74, 6) is -4.59. The lowest BCUT2D eigenvalue weighted by Gasteiger charge is -2.42. The molecule has 32 heavy (non-hydrogen) atoms. The van der Waals surface area contributed by atoms with Gasteiger partial charge in [-0.05, 0) is 24.3 Å². The SMILES string of the molecule is O=c1c(O[C@@]2(O)CO[C@H](CO)[C@@H](O)[C@@H]2O)c(-c2ccc(O)cc2)oc2cc(O)cc(O)c12. The van der Waals surface area contributed by atoms with Crippen LogP contribution in [0.1, 0.15) is 0 Å². The Bertz CT molecular complexity index is 1200. The second-order valence-corrected chi connectivity index (χ2v) is 7.39. The summed E-state index contributed by atoms with van der Waals surface area (Å²) in [4.78, 5) is 13.2. The first-order valence-electron chi connectivity index (χ1n) is 9.47. The third-order valence-electron chi connectivity index (χ3n) is 5.18. The Labute approximate surface area is 179 Å². The van der Waals surface area contributed by atoms with Crippen LogP contribution < -0.4 is 10.2 Å². The van der Waals surface area contributed by atoms with E-state index in [-0.39, 0.29) is 33.8 Å². The maximum Gasteiger partial charge on any atom is 0.260 e. The molecule has 0 spiro atoms. The topological polar surface area (TPSA) is 190 Å². The second kappa shape index (κ2) is 7.97. The van der Waals surface area contributed by atoms with Gasteiger partial charge in [0.2, 0.25) is 11.2 Å². The molecule has 7 N–H and O–H groups in total. The summed E-state index contributed by atoms with van der Waals surface area (Å²) in [6.07, 6.45) is -4.91. The summed E-state index contributed by atoms with van der Waals surface area (Å²) in [5.41, 5.74) is -0.940. The second-order valence-electron chi connectivity index (χ2n) is 7.39. The Morgan fingerprint density at radius 1 is 1.06 bits per heavy atom. The Morgan fingerprint density at radius 2 is 1.75 bits per heavy atom. The van der Waals surface area contributed by atoms with Gasteiger partial charge in [-0.3, -0.25) is 4.79 Å². The van der Waals surface area contributed by atoms with E-state index < -0.39 is 54.2 Å². The minimum atomic E-state index is -2.62. The van der Waals surface area contributed by atoms with E-state index >= 15 is 0 Å². The van der Waals surface area contributed by atoms with Crippen molar-refractivity contribution in [3.8, 4) is 34.3 Å². The molecule has 1 aliphatic heterocycles. The van der Waals surface area contributed by atoms with Crippen molar-refractivity contribution in [2.24, 2.45) is 0 Å². The van der Waals surface area contributed by atoms with E-state index in [9.17, 15) is 40.5 Å². The summed E-state index contributed by atoms with van der Waals surface area (Å²) in [5, 5.41) is 69.7. The molecule has 4 rings (SSSR count). The first-order valence-corrected chi connectivity index (χ1v) is 9.47. The van der Waals surface area contributed by atoms with E-state index in [1.165, 1.54) is 24.3 Å². The van der Waals surface area contributed by atoms with Crippen LogP contribution in [0.2, 0.25) is 0 Å². The first-order chi connectivity index (χ1) is 15.1. The summed E-state index contributed by atoms with van der Waals surface area (Å²) < 4.78 is 16.3. The van der Waals surface area contributed by atoms with Crippen molar-refractivity contribution in [3.05, 3.63) is 46.6 Å². The van der Waals surface area contributed by atoms with Crippen LogP contribution in [0.4, 0.5) is 0 Å². The fourth-order valence-corrected chi connectivity index (χ4v) is 3.47. The van der Waals surface area contributed by atoms with Crippen LogP contribution in [-0.2, 0) is 4.74 Å². The molecule has 0 saturated carbocycles. The fourth-order valence-electron chi connectivity index (χ4n) is 3.47. The number of benzene rings is 2. The van der Waals surface area contributed by atoms with Gasteiger partial charge in [-0.15, -0.1) is 0 Å². The van der Waals surface area contributed by atoms with Gasteiger partial charge in [-0.25, -0.2) is 0 Å². The maximum atomic E-state index is 13.2. The van der Waals surface area contributed by atoms with Crippen LogP contribution in [0.25, 0.3) is 22.3 Å². The van der Waals surface area contributed by atoms with Gasteiger partial charge in [0, 0.05) is 17.7 Å². The lowest BCUT2D eigenvalue weighted by atomic mass is 9.97. The molecule has 2 heterocycles. The molecule has 0 radical (unpaired) electrons. The van der Waals surface area contributed by atoms with Crippen molar-refractivity contribution in [3.63, 3.8) is 0 Å². The van der Waals surface area contributed by atoms with Gasteiger partial charge in [0.05, 0.1) is 6.61 Å². The van der Waals surface area contributed by atoms with Crippen LogP contribution in [0.5, 0.6) is 23.0 Å². The molecule has 3 aromatic rings. The Morgan fingerprint density at radius 3 is 2.41 bits per heavy atom. The summed E-state index contributed by atoms with van der Waals surface area (Å²) in [6, 6.07) is 7.35. The van der Waals surface area contributed by atoms with Gasteiger partial charge in [0.1, 0.15) is 53.1 Å². The highest BCUT2D eigenvalue weighted by Gasteiger charge is 2.51. The van der Waals surface area contributed by atoms with E-state index in [4.69, 9.17) is 13.9 Å². The molecule has 0 amide bonds. The van der Waals surface area contributed by atoms with E-state index in [0.717, 1.165) is 12.1 Å².